The molecule has 8 heavy (non-hydrogen) atoms. The molecule has 0 atom stereocenters. The molecule has 0 saturated carbocycles. The molecule has 42 valence electrons. The molecule has 0 aromatic rings. The molecule has 0 bridgehead atoms. The standard InChI is InChI=1S/Ca.O4Si.H2O.Zr/c;1-5(2,3)4;;/h;;1H2;/q+2;-4;;+2. The zero-order chi connectivity index (χ0) is 4.50. The SMILES string of the molecule is O.[Ca+2].[O-][Si]([O-])([O-])[O-].[Zr+2]. The van der Waals surface area contributed by atoms with E-state index < -0.39 is 9.05 Å². The van der Waals surface area contributed by atoms with Crippen LogP contribution in [0.4, 0.5) is 0 Å². The van der Waals surface area contributed by atoms with Crippen LogP contribution in [0.2, 0.25) is 0 Å². The van der Waals surface area contributed by atoms with Crippen LogP contribution in [0, 0.1) is 0 Å². The van der Waals surface area contributed by atoms with Crippen LogP contribution in [-0.4, -0.2) is 52.3 Å². The van der Waals surface area contributed by atoms with Gasteiger partial charge in [-0.2, -0.15) is 0 Å². The number of rotatable bonds is 0. The van der Waals surface area contributed by atoms with Crippen LogP contribution in [0.3, 0.4) is 0 Å². The van der Waals surface area contributed by atoms with E-state index in [9.17, 15) is 0 Å². The predicted octanol–water partition coefficient (Wildman–Crippen LogP) is -6.34. The molecule has 0 aromatic heterocycles. The van der Waals surface area contributed by atoms with Crippen LogP contribution >= 0.6 is 0 Å². The second-order valence-corrected chi connectivity index (χ2v) is 1.50. The third-order valence-corrected chi connectivity index (χ3v) is 0. The molecule has 2 N–H and O–H groups in total. The van der Waals surface area contributed by atoms with Gasteiger partial charge in [-0.05, 0) is 0 Å². The quantitative estimate of drug-likeness (QED) is 0.391. The third kappa shape index (κ3) is 89.7. The van der Waals surface area contributed by atoms with Crippen molar-refractivity contribution >= 4 is 46.8 Å². The van der Waals surface area contributed by atoms with Crippen LogP contribution in [0.1, 0.15) is 0 Å². The summed E-state index contributed by atoms with van der Waals surface area (Å²) < 4.78 is 0. The summed E-state index contributed by atoms with van der Waals surface area (Å²) in [6.45, 7) is 0. The van der Waals surface area contributed by atoms with E-state index in [4.69, 9.17) is 19.2 Å². The minimum absolute atomic E-state index is 0. The Kier molecular flexibility index (Phi) is 25.7. The maximum atomic E-state index is 8.58. The Hall–Kier alpha value is 2.16. The van der Waals surface area contributed by atoms with Crippen molar-refractivity contribution in [3.8, 4) is 0 Å². The molecule has 0 aliphatic carbocycles. The van der Waals surface area contributed by atoms with Gasteiger partial charge in [-0.15, -0.1) is 0 Å². The Morgan fingerprint density at radius 2 is 0.875 bits per heavy atom. The average molecular weight is 241 g/mol. The van der Waals surface area contributed by atoms with Crippen molar-refractivity contribution in [3.05, 3.63) is 0 Å². The summed E-state index contributed by atoms with van der Waals surface area (Å²) in [6, 6.07) is 0. The molecule has 0 rings (SSSR count). The van der Waals surface area contributed by atoms with E-state index in [1.54, 1.807) is 0 Å². The van der Waals surface area contributed by atoms with Gasteiger partial charge in [0.1, 0.15) is 0 Å². The zero-order valence-corrected chi connectivity index (χ0v) is 9.51. The fraction of sp³-hybridized carbons (Fsp3) is 0. The van der Waals surface area contributed by atoms with E-state index in [2.05, 4.69) is 0 Å². The molecular weight excluding hydrogens is 239 g/mol. The molecule has 0 unspecified atom stereocenters. The van der Waals surface area contributed by atoms with Crippen molar-refractivity contribution in [2.75, 3.05) is 0 Å². The maximum Gasteiger partial charge on any atom is 2.00 e. The molecule has 0 fully saturated rings. The van der Waals surface area contributed by atoms with Gasteiger partial charge >= 0.3 is 63.9 Å². The molecule has 5 nitrogen and oxygen atoms in total. The summed E-state index contributed by atoms with van der Waals surface area (Å²) in [5.41, 5.74) is 0. The van der Waals surface area contributed by atoms with Gasteiger partial charge in [0.05, 0.1) is 0 Å². The number of hydrogen-bond donors (Lipinski definition) is 0. The van der Waals surface area contributed by atoms with Crippen LogP contribution in [0.15, 0.2) is 0 Å². The Morgan fingerprint density at radius 3 is 0.875 bits per heavy atom. The van der Waals surface area contributed by atoms with E-state index in [-0.39, 0.29) is 69.4 Å². The fourth-order valence-electron chi connectivity index (χ4n) is 0. The Morgan fingerprint density at radius 1 is 0.875 bits per heavy atom. The molecule has 0 saturated heterocycles. The van der Waals surface area contributed by atoms with Gasteiger partial charge in [-0.25, -0.2) is 0 Å². The molecule has 0 aliphatic rings. The maximum absolute atomic E-state index is 8.58. The molecular formula is H2CaO5SiZr. The average Bonchev–Trinajstić information content (AvgIpc) is 0.722. The molecule has 0 aromatic carbocycles. The van der Waals surface area contributed by atoms with Gasteiger partial charge in [-0.1, -0.05) is 0 Å². The van der Waals surface area contributed by atoms with Gasteiger partial charge in [-0.3, -0.25) is 0 Å². The zero-order valence-electron chi connectivity index (χ0n) is 3.84. The van der Waals surface area contributed by atoms with Crippen molar-refractivity contribution in [3.63, 3.8) is 0 Å². The first-order valence-corrected chi connectivity index (χ1v) is 2.45. The third-order valence-electron chi connectivity index (χ3n) is 0. The van der Waals surface area contributed by atoms with E-state index in [1.807, 2.05) is 0 Å². The van der Waals surface area contributed by atoms with Crippen LogP contribution < -0.4 is 19.2 Å². The van der Waals surface area contributed by atoms with E-state index in [0.717, 1.165) is 0 Å². The summed E-state index contributed by atoms with van der Waals surface area (Å²) in [5, 5.41) is 0. The van der Waals surface area contributed by atoms with Gasteiger partial charge in [0.25, 0.3) is 0 Å². The summed E-state index contributed by atoms with van der Waals surface area (Å²) >= 11 is 0. The smallest absolute Gasteiger partial charge is 0.894 e. The van der Waals surface area contributed by atoms with Gasteiger partial charge in [0.15, 0.2) is 0 Å². The fourth-order valence-corrected chi connectivity index (χ4v) is 0. The van der Waals surface area contributed by atoms with Gasteiger partial charge < -0.3 is 33.7 Å². The van der Waals surface area contributed by atoms with Crippen molar-refractivity contribution in [1.82, 2.24) is 0 Å². The summed E-state index contributed by atoms with van der Waals surface area (Å²) in [4.78, 5) is 34.3. The van der Waals surface area contributed by atoms with Crippen molar-refractivity contribution in [2.45, 2.75) is 0 Å². The van der Waals surface area contributed by atoms with E-state index in [1.165, 1.54) is 0 Å². The largest absolute Gasteiger partial charge is 2.00 e. The normalized spacial score (nSPS) is 7.50. The Bertz CT molecular complexity index is 27.9. The first kappa shape index (κ1) is 22.5. The van der Waals surface area contributed by atoms with E-state index >= 15 is 0 Å². The summed E-state index contributed by atoms with van der Waals surface area (Å²) in [6.07, 6.45) is 0. The first-order valence-electron chi connectivity index (χ1n) is 0.816. The summed E-state index contributed by atoms with van der Waals surface area (Å²) in [7, 11) is -5.61. The van der Waals surface area contributed by atoms with Crippen molar-refractivity contribution < 1.29 is 50.9 Å². The summed E-state index contributed by atoms with van der Waals surface area (Å²) in [5.74, 6) is 0. The topological polar surface area (TPSA) is 124 Å². The van der Waals surface area contributed by atoms with Crippen molar-refractivity contribution in [1.29, 1.82) is 0 Å². The molecule has 8 heteroatoms. The molecule has 0 amide bonds. The second kappa shape index (κ2) is 9.16. The van der Waals surface area contributed by atoms with Crippen LogP contribution in [0.5, 0.6) is 0 Å². The molecule has 0 aliphatic heterocycles. The monoisotopic (exact) mass is 240 g/mol. The molecule has 0 spiro atoms. The number of hydrogen-bond acceptors (Lipinski definition) is 4. The molecule has 0 radical (unpaired) electrons. The minimum atomic E-state index is -5.61. The Labute approximate surface area is 96.3 Å². The van der Waals surface area contributed by atoms with Crippen LogP contribution in [-0.2, 0) is 26.2 Å². The Balaban J connectivity index is -0.0000000267. The second-order valence-electron chi connectivity index (χ2n) is 0.500. The van der Waals surface area contributed by atoms with Gasteiger partial charge in [0, 0.05) is 0 Å². The van der Waals surface area contributed by atoms with Gasteiger partial charge in [0.2, 0.25) is 0 Å². The van der Waals surface area contributed by atoms with Crippen molar-refractivity contribution in [2.24, 2.45) is 0 Å². The van der Waals surface area contributed by atoms with Crippen LogP contribution in [0.25, 0.3) is 0 Å². The van der Waals surface area contributed by atoms with E-state index in [0.29, 0.717) is 0 Å². The molecule has 0 heterocycles. The predicted molar refractivity (Wildman–Crippen MR) is 15.1 cm³/mol. The minimum Gasteiger partial charge on any atom is -0.894 e. The first-order chi connectivity index (χ1) is 2.00.